The maximum Gasteiger partial charge on any atom is 0.0575 e. The Morgan fingerprint density at radius 2 is 2.42 bits per heavy atom. The van der Waals surface area contributed by atoms with Gasteiger partial charge in [0.15, 0.2) is 0 Å². The van der Waals surface area contributed by atoms with Gasteiger partial charge in [0, 0.05) is 17.5 Å². The Morgan fingerprint density at radius 3 is 3.11 bits per heavy atom. The zero-order chi connectivity index (χ0) is 13.3. The van der Waals surface area contributed by atoms with Crippen LogP contribution in [0.15, 0.2) is 17.5 Å². The lowest BCUT2D eigenvalue weighted by Gasteiger charge is -2.25. The van der Waals surface area contributed by atoms with Gasteiger partial charge in [-0.3, -0.25) is 0 Å². The van der Waals surface area contributed by atoms with Crippen molar-refractivity contribution in [3.8, 4) is 0 Å². The van der Waals surface area contributed by atoms with Crippen molar-refractivity contribution < 1.29 is 4.74 Å². The number of rotatable bonds is 8. The molecule has 19 heavy (non-hydrogen) atoms. The second-order valence-electron chi connectivity index (χ2n) is 5.50. The molecule has 2 atom stereocenters. The molecule has 0 bridgehead atoms. The van der Waals surface area contributed by atoms with Gasteiger partial charge in [0.25, 0.3) is 0 Å². The fourth-order valence-electron chi connectivity index (χ4n) is 2.72. The van der Waals surface area contributed by atoms with Gasteiger partial charge in [0.2, 0.25) is 0 Å². The van der Waals surface area contributed by atoms with Crippen LogP contribution in [-0.2, 0) is 11.2 Å². The minimum atomic E-state index is 0.517. The lowest BCUT2D eigenvalue weighted by molar-refractivity contribution is 0.00860. The molecule has 0 spiro atoms. The summed E-state index contributed by atoms with van der Waals surface area (Å²) in [5.74, 6) is 0. The van der Waals surface area contributed by atoms with Crippen molar-refractivity contribution >= 4 is 11.3 Å². The summed E-state index contributed by atoms with van der Waals surface area (Å²) in [5, 5.41) is 5.88. The van der Waals surface area contributed by atoms with Gasteiger partial charge < -0.3 is 10.1 Å². The molecule has 1 aromatic heterocycles. The Bertz CT molecular complexity index is 319. The van der Waals surface area contributed by atoms with Crippen molar-refractivity contribution in [2.45, 2.75) is 64.0 Å². The molecule has 2 rings (SSSR count). The fourth-order valence-corrected chi connectivity index (χ4v) is 3.50. The molecule has 0 aromatic carbocycles. The maximum absolute atomic E-state index is 5.84. The second kappa shape index (κ2) is 8.72. The third-order valence-electron chi connectivity index (χ3n) is 3.82. The molecule has 1 aliphatic heterocycles. The predicted molar refractivity (Wildman–Crippen MR) is 82.9 cm³/mol. The number of hydrogen-bond acceptors (Lipinski definition) is 3. The molecular weight excluding hydrogens is 254 g/mol. The van der Waals surface area contributed by atoms with Crippen molar-refractivity contribution in [3.05, 3.63) is 22.4 Å². The first kappa shape index (κ1) is 15.0. The van der Waals surface area contributed by atoms with E-state index in [0.717, 1.165) is 13.2 Å². The number of nitrogens with one attached hydrogen (secondary N) is 1. The van der Waals surface area contributed by atoms with Crippen molar-refractivity contribution in [1.82, 2.24) is 5.32 Å². The number of ether oxygens (including phenoxy) is 1. The minimum Gasteiger partial charge on any atom is -0.378 e. The molecule has 1 aromatic rings. The molecule has 1 saturated heterocycles. The summed E-state index contributed by atoms with van der Waals surface area (Å²) in [7, 11) is 0. The second-order valence-corrected chi connectivity index (χ2v) is 6.53. The molecule has 2 unspecified atom stereocenters. The minimum absolute atomic E-state index is 0.517. The Hall–Kier alpha value is -0.380. The van der Waals surface area contributed by atoms with Crippen molar-refractivity contribution in [1.29, 1.82) is 0 Å². The van der Waals surface area contributed by atoms with E-state index in [4.69, 9.17) is 4.74 Å². The zero-order valence-electron chi connectivity index (χ0n) is 12.1. The van der Waals surface area contributed by atoms with Gasteiger partial charge in [-0.2, -0.15) is 0 Å². The highest BCUT2D eigenvalue weighted by Gasteiger charge is 2.17. The molecule has 0 amide bonds. The van der Waals surface area contributed by atoms with Crippen LogP contribution in [0.3, 0.4) is 0 Å². The van der Waals surface area contributed by atoms with E-state index in [-0.39, 0.29) is 0 Å². The van der Waals surface area contributed by atoms with E-state index in [0.29, 0.717) is 12.1 Å². The van der Waals surface area contributed by atoms with E-state index in [1.807, 2.05) is 11.3 Å². The van der Waals surface area contributed by atoms with E-state index in [1.54, 1.807) is 0 Å². The van der Waals surface area contributed by atoms with Crippen LogP contribution in [0.5, 0.6) is 0 Å². The molecule has 1 aliphatic rings. The van der Waals surface area contributed by atoms with E-state index in [9.17, 15) is 0 Å². The van der Waals surface area contributed by atoms with Crippen LogP contribution < -0.4 is 5.32 Å². The van der Waals surface area contributed by atoms with E-state index in [1.165, 1.54) is 49.8 Å². The molecular formula is C16H27NOS. The Morgan fingerprint density at radius 1 is 1.47 bits per heavy atom. The summed E-state index contributed by atoms with van der Waals surface area (Å²) in [6.45, 7) is 4.34. The molecule has 1 N–H and O–H groups in total. The average molecular weight is 281 g/mol. The summed E-state index contributed by atoms with van der Waals surface area (Å²) >= 11 is 1.87. The van der Waals surface area contributed by atoms with Gasteiger partial charge in [-0.25, -0.2) is 0 Å². The topological polar surface area (TPSA) is 21.3 Å². The highest BCUT2D eigenvalue weighted by molar-refractivity contribution is 7.09. The van der Waals surface area contributed by atoms with Crippen LogP contribution in [0, 0.1) is 0 Å². The fraction of sp³-hybridized carbons (Fsp3) is 0.750. The molecule has 1 fully saturated rings. The largest absolute Gasteiger partial charge is 0.378 e. The van der Waals surface area contributed by atoms with E-state index in [2.05, 4.69) is 29.8 Å². The molecule has 0 saturated carbocycles. The first-order chi connectivity index (χ1) is 9.38. The Labute approximate surface area is 121 Å². The molecule has 0 aliphatic carbocycles. The summed E-state index contributed by atoms with van der Waals surface area (Å²) in [5.41, 5.74) is 0. The monoisotopic (exact) mass is 281 g/mol. The first-order valence-electron chi connectivity index (χ1n) is 7.76. The third-order valence-corrected chi connectivity index (χ3v) is 4.72. The molecule has 108 valence electrons. The van der Waals surface area contributed by atoms with Gasteiger partial charge in [-0.1, -0.05) is 13.0 Å². The Kier molecular flexibility index (Phi) is 6.90. The smallest absolute Gasteiger partial charge is 0.0575 e. The van der Waals surface area contributed by atoms with E-state index < -0.39 is 0 Å². The maximum atomic E-state index is 5.84. The van der Waals surface area contributed by atoms with Crippen LogP contribution in [0.2, 0.25) is 0 Å². The highest BCUT2D eigenvalue weighted by Crippen LogP contribution is 2.20. The standard InChI is InChI=1S/C16H27NOS/c1-2-10-17-14(13-16-7-5-12-19-16)8-9-15-6-3-4-11-18-15/h5,7,12,14-15,17H,2-4,6,8-11,13H2,1H3. The van der Waals surface area contributed by atoms with E-state index >= 15 is 0 Å². The lowest BCUT2D eigenvalue weighted by Crippen LogP contribution is -2.33. The molecule has 2 heterocycles. The summed E-state index contributed by atoms with van der Waals surface area (Å²) in [4.78, 5) is 1.50. The normalized spacial score (nSPS) is 21.4. The zero-order valence-corrected chi connectivity index (χ0v) is 12.9. The van der Waals surface area contributed by atoms with Crippen molar-refractivity contribution in [3.63, 3.8) is 0 Å². The van der Waals surface area contributed by atoms with Gasteiger partial charge in [-0.15, -0.1) is 11.3 Å². The van der Waals surface area contributed by atoms with Gasteiger partial charge in [0.1, 0.15) is 0 Å². The van der Waals surface area contributed by atoms with Crippen LogP contribution in [0.1, 0.15) is 50.3 Å². The number of hydrogen-bond donors (Lipinski definition) is 1. The van der Waals surface area contributed by atoms with Gasteiger partial charge in [0.05, 0.1) is 6.10 Å². The van der Waals surface area contributed by atoms with Crippen molar-refractivity contribution in [2.24, 2.45) is 0 Å². The van der Waals surface area contributed by atoms with Gasteiger partial charge >= 0.3 is 0 Å². The summed E-state index contributed by atoms with van der Waals surface area (Å²) < 4.78 is 5.84. The summed E-state index contributed by atoms with van der Waals surface area (Å²) in [6.07, 6.45) is 9.22. The van der Waals surface area contributed by atoms with Crippen LogP contribution in [-0.4, -0.2) is 25.3 Å². The SMILES string of the molecule is CCCNC(CCC1CCCCO1)Cc1cccs1. The predicted octanol–water partition coefficient (Wildman–Crippen LogP) is 4.01. The number of thiophene rings is 1. The molecule has 2 nitrogen and oxygen atoms in total. The molecule has 0 radical (unpaired) electrons. The first-order valence-corrected chi connectivity index (χ1v) is 8.64. The molecule has 3 heteroatoms. The average Bonchev–Trinajstić information content (AvgIpc) is 2.96. The van der Waals surface area contributed by atoms with Crippen LogP contribution in [0.25, 0.3) is 0 Å². The van der Waals surface area contributed by atoms with Gasteiger partial charge in [-0.05, 0) is 62.9 Å². The van der Waals surface area contributed by atoms with Crippen LogP contribution >= 0.6 is 11.3 Å². The lowest BCUT2D eigenvalue weighted by atomic mass is 9.99. The quantitative estimate of drug-likeness (QED) is 0.777. The van der Waals surface area contributed by atoms with Crippen molar-refractivity contribution in [2.75, 3.05) is 13.2 Å². The summed E-state index contributed by atoms with van der Waals surface area (Å²) in [6, 6.07) is 5.02. The third kappa shape index (κ3) is 5.64. The Balaban J connectivity index is 1.75. The van der Waals surface area contributed by atoms with Crippen LogP contribution in [0.4, 0.5) is 0 Å². The highest BCUT2D eigenvalue weighted by atomic mass is 32.1.